The van der Waals surface area contributed by atoms with Gasteiger partial charge >= 0.3 is 6.18 Å². The van der Waals surface area contributed by atoms with Crippen molar-refractivity contribution in [2.75, 3.05) is 20.1 Å². The molecule has 5 heterocycles. The Morgan fingerprint density at radius 3 is 2.67 bits per heavy atom. The van der Waals surface area contributed by atoms with Crippen LogP contribution in [0.3, 0.4) is 0 Å². The molecule has 7 nitrogen and oxygen atoms in total. The van der Waals surface area contributed by atoms with Gasteiger partial charge in [0, 0.05) is 37.9 Å². The lowest BCUT2D eigenvalue weighted by molar-refractivity contribution is -0.142. The molecule has 5 rings (SSSR count). The molecule has 144 valence electrons. The molecule has 0 aromatic carbocycles. The van der Waals surface area contributed by atoms with Crippen LogP contribution in [0.5, 0.6) is 0 Å². The van der Waals surface area contributed by atoms with E-state index in [-0.39, 0.29) is 41.4 Å². The van der Waals surface area contributed by atoms with E-state index in [0.29, 0.717) is 17.5 Å². The molecule has 3 aliphatic rings. The molecular formula is C17H18F3N5O2. The standard InChI is InChI=1S/C17H18F3N5O2/c1-9-5-13(17(18,19)20)25-14(21-9)6-12(22-25)16(27)24-7-10-3-4-11(8-24)23(2)15(10)26/h5-6,10-11H,3-4,7-8H2,1-2H3/t10-,11+/m1/s1. The van der Waals surface area contributed by atoms with Crippen molar-refractivity contribution in [2.24, 2.45) is 5.92 Å². The van der Waals surface area contributed by atoms with Gasteiger partial charge in [-0.2, -0.15) is 18.3 Å². The normalized spacial score (nSPS) is 23.2. The van der Waals surface area contributed by atoms with Crippen molar-refractivity contribution >= 4 is 17.5 Å². The van der Waals surface area contributed by atoms with Crippen molar-refractivity contribution in [3.63, 3.8) is 0 Å². The van der Waals surface area contributed by atoms with Gasteiger partial charge in [-0.1, -0.05) is 0 Å². The highest BCUT2D eigenvalue weighted by molar-refractivity contribution is 5.94. The Hall–Kier alpha value is -2.65. The zero-order chi connectivity index (χ0) is 19.5. The van der Waals surface area contributed by atoms with Crippen LogP contribution in [0.4, 0.5) is 13.2 Å². The summed E-state index contributed by atoms with van der Waals surface area (Å²) in [6.45, 7) is 2.06. The fourth-order valence-electron chi connectivity index (χ4n) is 3.89. The van der Waals surface area contributed by atoms with Crippen LogP contribution < -0.4 is 0 Å². The molecule has 3 aliphatic heterocycles. The Labute approximate surface area is 152 Å². The Morgan fingerprint density at radius 2 is 1.96 bits per heavy atom. The average molecular weight is 381 g/mol. The molecule has 27 heavy (non-hydrogen) atoms. The van der Waals surface area contributed by atoms with Gasteiger partial charge in [0.1, 0.15) is 5.69 Å². The molecule has 0 N–H and O–H groups in total. The zero-order valence-electron chi connectivity index (χ0n) is 14.8. The molecule has 2 bridgehead atoms. The molecule has 0 radical (unpaired) electrons. The SMILES string of the molecule is Cc1cc(C(F)(F)F)n2nc(C(=O)N3C[C@H]4CC[C@@H](C3)N(C)C4=O)cc2n1. The molecule has 0 spiro atoms. The number of fused-ring (bicyclic) bond motifs is 5. The number of carbonyl (C=O) groups is 2. The Bertz CT molecular complexity index is 939. The van der Waals surface area contributed by atoms with Gasteiger partial charge in [0.05, 0.1) is 5.92 Å². The first-order valence-corrected chi connectivity index (χ1v) is 8.65. The molecular weight excluding hydrogens is 363 g/mol. The number of hydrogen-bond acceptors (Lipinski definition) is 4. The first kappa shape index (κ1) is 17.7. The number of carbonyl (C=O) groups excluding carboxylic acids is 2. The van der Waals surface area contributed by atoms with Gasteiger partial charge in [-0.05, 0) is 25.8 Å². The van der Waals surface area contributed by atoms with Crippen LogP contribution in [-0.2, 0) is 11.0 Å². The number of rotatable bonds is 1. The zero-order valence-corrected chi connectivity index (χ0v) is 14.8. The van der Waals surface area contributed by atoms with Crippen LogP contribution in [0.25, 0.3) is 5.65 Å². The van der Waals surface area contributed by atoms with Crippen LogP contribution in [0.2, 0.25) is 0 Å². The van der Waals surface area contributed by atoms with Gasteiger partial charge in [-0.15, -0.1) is 0 Å². The number of piperidine rings is 1. The monoisotopic (exact) mass is 381 g/mol. The minimum Gasteiger partial charge on any atom is -0.341 e. The summed E-state index contributed by atoms with van der Waals surface area (Å²) in [6.07, 6.45) is -3.10. The van der Waals surface area contributed by atoms with E-state index in [0.717, 1.165) is 12.5 Å². The van der Waals surface area contributed by atoms with E-state index in [9.17, 15) is 22.8 Å². The molecule has 3 saturated heterocycles. The number of aromatic nitrogens is 3. The maximum Gasteiger partial charge on any atom is 0.433 e. The Kier molecular flexibility index (Phi) is 3.90. The molecule has 2 amide bonds. The maximum atomic E-state index is 13.3. The van der Waals surface area contributed by atoms with Gasteiger partial charge in [0.2, 0.25) is 5.91 Å². The number of nitrogens with zero attached hydrogens (tertiary/aromatic N) is 5. The fraction of sp³-hybridized carbons (Fsp3) is 0.529. The van der Waals surface area contributed by atoms with Gasteiger partial charge in [-0.25, -0.2) is 9.50 Å². The van der Waals surface area contributed by atoms with Crippen molar-refractivity contribution in [3.05, 3.63) is 29.2 Å². The number of likely N-dealkylation sites (N-methyl/N-ethyl adjacent to an activating group) is 1. The van der Waals surface area contributed by atoms with E-state index in [1.807, 2.05) is 0 Å². The summed E-state index contributed by atoms with van der Waals surface area (Å²) in [7, 11) is 1.72. The van der Waals surface area contributed by atoms with Crippen LogP contribution >= 0.6 is 0 Å². The second-order valence-electron chi connectivity index (χ2n) is 7.17. The van der Waals surface area contributed by atoms with Gasteiger partial charge in [0.15, 0.2) is 11.3 Å². The Morgan fingerprint density at radius 1 is 1.22 bits per heavy atom. The molecule has 2 aromatic heterocycles. The number of aryl methyl sites for hydroxylation is 1. The van der Waals surface area contributed by atoms with E-state index >= 15 is 0 Å². The van der Waals surface area contributed by atoms with Crippen molar-refractivity contribution in [2.45, 2.75) is 32.0 Å². The summed E-state index contributed by atoms with van der Waals surface area (Å²) in [4.78, 5) is 32.4. The van der Waals surface area contributed by atoms with Gasteiger partial charge < -0.3 is 9.80 Å². The molecule has 0 unspecified atom stereocenters. The topological polar surface area (TPSA) is 70.8 Å². The smallest absolute Gasteiger partial charge is 0.341 e. The molecule has 0 aliphatic carbocycles. The van der Waals surface area contributed by atoms with Crippen LogP contribution in [0.1, 0.15) is 34.7 Å². The van der Waals surface area contributed by atoms with E-state index in [1.54, 1.807) is 11.9 Å². The predicted octanol–water partition coefficient (Wildman–Crippen LogP) is 1.75. The third kappa shape index (κ3) is 2.92. The third-order valence-corrected chi connectivity index (χ3v) is 5.32. The molecule has 3 fully saturated rings. The molecule has 2 aromatic rings. The lowest BCUT2D eigenvalue weighted by atomic mass is 9.95. The first-order valence-electron chi connectivity index (χ1n) is 8.65. The van der Waals surface area contributed by atoms with Gasteiger partial charge in [0.25, 0.3) is 5.91 Å². The highest BCUT2D eigenvalue weighted by Gasteiger charge is 2.41. The number of alkyl halides is 3. The van der Waals surface area contributed by atoms with Crippen molar-refractivity contribution in [1.29, 1.82) is 0 Å². The lowest BCUT2D eigenvalue weighted by Crippen LogP contribution is -2.45. The average Bonchev–Trinajstić information content (AvgIpc) is 2.83. The predicted molar refractivity (Wildman–Crippen MR) is 87.9 cm³/mol. The summed E-state index contributed by atoms with van der Waals surface area (Å²) in [5.41, 5.74) is -0.921. The first-order chi connectivity index (χ1) is 12.6. The van der Waals surface area contributed by atoms with E-state index in [1.165, 1.54) is 17.9 Å². The quantitative estimate of drug-likeness (QED) is 0.755. The second kappa shape index (κ2) is 5.93. The molecule has 10 heteroatoms. The lowest BCUT2D eigenvalue weighted by Gasteiger charge is -2.32. The molecule has 2 atom stereocenters. The van der Waals surface area contributed by atoms with Crippen LogP contribution in [0, 0.1) is 12.8 Å². The van der Waals surface area contributed by atoms with E-state index in [4.69, 9.17) is 0 Å². The second-order valence-corrected chi connectivity index (χ2v) is 7.17. The fourth-order valence-corrected chi connectivity index (χ4v) is 3.89. The summed E-state index contributed by atoms with van der Waals surface area (Å²) < 4.78 is 40.5. The van der Waals surface area contributed by atoms with Gasteiger partial charge in [-0.3, -0.25) is 9.59 Å². The highest BCUT2D eigenvalue weighted by atomic mass is 19.4. The summed E-state index contributed by atoms with van der Waals surface area (Å²) >= 11 is 0. The summed E-state index contributed by atoms with van der Waals surface area (Å²) in [6, 6.07) is 2.08. The third-order valence-electron chi connectivity index (χ3n) is 5.32. The minimum atomic E-state index is -4.62. The number of amides is 2. The van der Waals surface area contributed by atoms with E-state index < -0.39 is 17.8 Å². The van der Waals surface area contributed by atoms with Crippen LogP contribution in [-0.4, -0.2) is 62.4 Å². The number of halogens is 3. The van der Waals surface area contributed by atoms with Crippen LogP contribution in [0.15, 0.2) is 12.1 Å². The minimum absolute atomic E-state index is 0.00759. The van der Waals surface area contributed by atoms with E-state index in [2.05, 4.69) is 10.1 Å². The summed E-state index contributed by atoms with van der Waals surface area (Å²) in [5.74, 6) is -0.750. The number of hydrogen-bond donors (Lipinski definition) is 0. The van der Waals surface area contributed by atoms with Crippen molar-refractivity contribution in [3.8, 4) is 0 Å². The Balaban J connectivity index is 1.71. The largest absolute Gasteiger partial charge is 0.433 e. The van der Waals surface area contributed by atoms with Crippen molar-refractivity contribution in [1.82, 2.24) is 24.4 Å². The summed E-state index contributed by atoms with van der Waals surface area (Å²) in [5, 5.41) is 3.88. The molecule has 0 saturated carbocycles. The highest BCUT2D eigenvalue weighted by Crippen LogP contribution is 2.31. The van der Waals surface area contributed by atoms with Crippen molar-refractivity contribution < 1.29 is 22.8 Å². The maximum absolute atomic E-state index is 13.3.